The van der Waals surface area contributed by atoms with Gasteiger partial charge in [-0.1, -0.05) is 18.2 Å². The number of methoxy groups -OCH3 is 1. The summed E-state index contributed by atoms with van der Waals surface area (Å²) in [7, 11) is 1.54. The highest BCUT2D eigenvalue weighted by Crippen LogP contribution is 2.25. The first-order valence-electron chi connectivity index (χ1n) is 7.29. The second-order valence-electron chi connectivity index (χ2n) is 5.14. The number of hydrogen-bond acceptors (Lipinski definition) is 5. The smallest absolute Gasteiger partial charge is 0.244 e. The lowest BCUT2D eigenvalue weighted by molar-refractivity contribution is -0.117. The number of ether oxygens (including phenoxy) is 1. The van der Waals surface area contributed by atoms with Crippen molar-refractivity contribution < 1.29 is 24.9 Å². The molecule has 6 heteroatoms. The van der Waals surface area contributed by atoms with Crippen LogP contribution < -0.4 is 5.32 Å². The van der Waals surface area contributed by atoms with Gasteiger partial charge in [0, 0.05) is 19.7 Å². The van der Waals surface area contributed by atoms with E-state index in [2.05, 4.69) is 5.32 Å². The molecular formula is C18H19NO5. The van der Waals surface area contributed by atoms with Crippen LogP contribution in [0.25, 0.3) is 6.08 Å². The summed E-state index contributed by atoms with van der Waals surface area (Å²) in [6, 6.07) is 10.8. The van der Waals surface area contributed by atoms with Crippen LogP contribution in [0, 0.1) is 0 Å². The molecule has 0 unspecified atom stereocenters. The molecule has 0 aliphatic rings. The first-order valence-corrected chi connectivity index (χ1v) is 7.29. The number of carbonyl (C=O) groups excluding carboxylic acids is 1. The Morgan fingerprint density at radius 2 is 1.83 bits per heavy atom. The Hall–Kier alpha value is -2.99. The van der Waals surface area contributed by atoms with Gasteiger partial charge in [0.2, 0.25) is 5.91 Å². The molecule has 0 spiro atoms. The first-order chi connectivity index (χ1) is 11.5. The minimum atomic E-state index is -0.333. The predicted molar refractivity (Wildman–Crippen MR) is 89.7 cm³/mol. The molecule has 1 amide bonds. The van der Waals surface area contributed by atoms with Crippen LogP contribution in [0.15, 0.2) is 48.5 Å². The number of nitrogens with one attached hydrogen (secondary N) is 1. The molecule has 0 aliphatic heterocycles. The van der Waals surface area contributed by atoms with Crippen LogP contribution in [0.1, 0.15) is 17.2 Å². The number of phenolic OH excluding ortho intramolecular Hbond substituents is 3. The molecule has 4 N–H and O–H groups in total. The van der Waals surface area contributed by atoms with E-state index in [1.165, 1.54) is 24.3 Å². The van der Waals surface area contributed by atoms with E-state index in [4.69, 9.17) is 4.74 Å². The summed E-state index contributed by atoms with van der Waals surface area (Å²) in [4.78, 5) is 11.9. The maximum atomic E-state index is 11.9. The van der Waals surface area contributed by atoms with Gasteiger partial charge in [0.05, 0.1) is 6.10 Å². The molecule has 0 bridgehead atoms. The molecule has 0 fully saturated rings. The zero-order chi connectivity index (χ0) is 17.5. The van der Waals surface area contributed by atoms with Gasteiger partial charge in [-0.05, 0) is 41.5 Å². The normalized spacial score (nSPS) is 12.2. The summed E-state index contributed by atoms with van der Waals surface area (Å²) < 4.78 is 5.34. The average Bonchev–Trinajstić information content (AvgIpc) is 2.58. The van der Waals surface area contributed by atoms with Crippen LogP contribution in [0.3, 0.4) is 0 Å². The van der Waals surface area contributed by atoms with E-state index in [-0.39, 0.29) is 35.8 Å². The van der Waals surface area contributed by atoms with Crippen molar-refractivity contribution in [3.63, 3.8) is 0 Å². The number of benzene rings is 2. The number of aromatic hydroxyl groups is 3. The molecule has 0 saturated heterocycles. The first kappa shape index (κ1) is 17.4. The van der Waals surface area contributed by atoms with Crippen molar-refractivity contribution in [1.82, 2.24) is 5.32 Å². The van der Waals surface area contributed by atoms with Gasteiger partial charge in [0.15, 0.2) is 11.5 Å². The standard InChI is InChI=1S/C18H19NO5/c1-24-17(13-4-6-14(20)7-5-13)11-19-18(23)9-3-12-2-8-15(21)16(22)10-12/h2-10,17,20-22H,11H2,1H3,(H,19,23)/b9-3+/t17-/m0/s1. The van der Waals surface area contributed by atoms with Crippen molar-refractivity contribution >= 4 is 12.0 Å². The molecule has 0 radical (unpaired) electrons. The molecule has 0 heterocycles. The fourth-order valence-corrected chi connectivity index (χ4v) is 2.09. The molecule has 0 aliphatic carbocycles. The summed E-state index contributed by atoms with van der Waals surface area (Å²) in [5, 5.41) is 30.6. The van der Waals surface area contributed by atoms with Crippen LogP contribution in [0.5, 0.6) is 17.2 Å². The number of hydrogen-bond donors (Lipinski definition) is 4. The Morgan fingerprint density at radius 3 is 2.46 bits per heavy atom. The molecule has 24 heavy (non-hydrogen) atoms. The number of amides is 1. The summed E-state index contributed by atoms with van der Waals surface area (Å²) in [5.74, 6) is -0.612. The van der Waals surface area contributed by atoms with Crippen molar-refractivity contribution in [3.05, 3.63) is 59.7 Å². The molecule has 2 aromatic carbocycles. The van der Waals surface area contributed by atoms with Crippen molar-refractivity contribution in [3.8, 4) is 17.2 Å². The van der Waals surface area contributed by atoms with Gasteiger partial charge in [-0.3, -0.25) is 4.79 Å². The molecule has 6 nitrogen and oxygen atoms in total. The fraction of sp³-hybridized carbons (Fsp3) is 0.167. The summed E-state index contributed by atoms with van der Waals surface area (Å²) in [5.41, 5.74) is 1.42. The van der Waals surface area contributed by atoms with Gasteiger partial charge in [0.1, 0.15) is 5.75 Å². The Balaban J connectivity index is 1.92. The highest BCUT2D eigenvalue weighted by atomic mass is 16.5. The van der Waals surface area contributed by atoms with Gasteiger partial charge < -0.3 is 25.4 Å². The van der Waals surface area contributed by atoms with E-state index >= 15 is 0 Å². The topological polar surface area (TPSA) is 99.0 Å². The van der Waals surface area contributed by atoms with Gasteiger partial charge in [-0.2, -0.15) is 0 Å². The molecule has 0 aromatic heterocycles. The summed E-state index contributed by atoms with van der Waals surface area (Å²) >= 11 is 0. The molecule has 2 rings (SSSR count). The van der Waals surface area contributed by atoms with Gasteiger partial charge >= 0.3 is 0 Å². The second kappa shape index (κ2) is 8.03. The Morgan fingerprint density at radius 1 is 1.12 bits per heavy atom. The summed E-state index contributed by atoms with van der Waals surface area (Å²) in [6.07, 6.45) is 2.52. The number of phenols is 3. The number of carbonyl (C=O) groups is 1. The lowest BCUT2D eigenvalue weighted by atomic mass is 10.1. The van der Waals surface area contributed by atoms with E-state index in [1.54, 1.807) is 37.4 Å². The average molecular weight is 329 g/mol. The van der Waals surface area contributed by atoms with Crippen LogP contribution in [0.4, 0.5) is 0 Å². The van der Waals surface area contributed by atoms with E-state index in [0.717, 1.165) is 5.56 Å². The van der Waals surface area contributed by atoms with Gasteiger partial charge in [0.25, 0.3) is 0 Å². The van der Waals surface area contributed by atoms with Crippen LogP contribution in [-0.4, -0.2) is 34.9 Å². The summed E-state index contributed by atoms with van der Waals surface area (Å²) in [6.45, 7) is 0.269. The minimum absolute atomic E-state index is 0.165. The zero-order valence-corrected chi connectivity index (χ0v) is 13.1. The molecule has 2 aromatic rings. The van der Waals surface area contributed by atoms with E-state index < -0.39 is 0 Å². The molecule has 0 saturated carbocycles. The highest BCUT2D eigenvalue weighted by molar-refractivity contribution is 5.91. The largest absolute Gasteiger partial charge is 0.508 e. The third-order valence-corrected chi connectivity index (χ3v) is 3.44. The van der Waals surface area contributed by atoms with Crippen molar-refractivity contribution in [2.24, 2.45) is 0 Å². The molecule has 1 atom stereocenters. The second-order valence-corrected chi connectivity index (χ2v) is 5.14. The van der Waals surface area contributed by atoms with Gasteiger partial charge in [-0.15, -0.1) is 0 Å². The Bertz CT molecular complexity index is 725. The van der Waals surface area contributed by atoms with E-state index in [1.807, 2.05) is 0 Å². The minimum Gasteiger partial charge on any atom is -0.508 e. The zero-order valence-electron chi connectivity index (χ0n) is 13.1. The maximum Gasteiger partial charge on any atom is 0.244 e. The van der Waals surface area contributed by atoms with Gasteiger partial charge in [-0.25, -0.2) is 0 Å². The Kier molecular flexibility index (Phi) is 5.81. The van der Waals surface area contributed by atoms with E-state index in [0.29, 0.717) is 5.56 Å². The SMILES string of the molecule is CO[C@@H](CNC(=O)/C=C/c1ccc(O)c(O)c1)c1ccc(O)cc1. The van der Waals surface area contributed by atoms with Crippen molar-refractivity contribution in [1.29, 1.82) is 0 Å². The lowest BCUT2D eigenvalue weighted by Gasteiger charge is -2.16. The third kappa shape index (κ3) is 4.76. The fourth-order valence-electron chi connectivity index (χ4n) is 2.09. The van der Waals surface area contributed by atoms with Crippen LogP contribution in [-0.2, 0) is 9.53 Å². The predicted octanol–water partition coefficient (Wildman–Crippen LogP) is 2.32. The van der Waals surface area contributed by atoms with Crippen LogP contribution in [0.2, 0.25) is 0 Å². The van der Waals surface area contributed by atoms with Crippen molar-refractivity contribution in [2.75, 3.05) is 13.7 Å². The van der Waals surface area contributed by atoms with E-state index in [9.17, 15) is 20.1 Å². The number of rotatable bonds is 6. The maximum absolute atomic E-state index is 11.9. The quantitative estimate of drug-likeness (QED) is 0.481. The highest BCUT2D eigenvalue weighted by Gasteiger charge is 2.11. The molecule has 126 valence electrons. The molecular weight excluding hydrogens is 310 g/mol. The monoisotopic (exact) mass is 329 g/mol. The van der Waals surface area contributed by atoms with Crippen molar-refractivity contribution in [2.45, 2.75) is 6.10 Å². The van der Waals surface area contributed by atoms with Crippen LogP contribution >= 0.6 is 0 Å². The third-order valence-electron chi connectivity index (χ3n) is 3.44. The lowest BCUT2D eigenvalue weighted by Crippen LogP contribution is -2.27. The Labute approximate surface area is 139 Å².